The topological polar surface area (TPSA) is 67.4 Å². The Labute approximate surface area is 128 Å². The van der Waals surface area contributed by atoms with Gasteiger partial charge in [0.25, 0.3) is 0 Å². The van der Waals surface area contributed by atoms with Gasteiger partial charge in [-0.05, 0) is 31.7 Å². The van der Waals surface area contributed by atoms with E-state index in [1.165, 1.54) is 7.11 Å². The molecule has 1 heterocycles. The largest absolute Gasteiger partial charge is 0.467 e. The summed E-state index contributed by atoms with van der Waals surface area (Å²) in [6.07, 6.45) is 4.51. The Hall–Kier alpha value is -1.10. The maximum atomic E-state index is 12.8. The van der Waals surface area contributed by atoms with Gasteiger partial charge in [0.05, 0.1) is 12.5 Å². The number of esters is 1. The SMILES string of the molecule is CCCC1(C(=O)NC(C(=O)OC)C(C)CC)CCCNC1. The molecule has 0 radical (unpaired) electrons. The monoisotopic (exact) mass is 298 g/mol. The van der Waals surface area contributed by atoms with Crippen molar-refractivity contribution in [3.63, 3.8) is 0 Å². The van der Waals surface area contributed by atoms with Gasteiger partial charge in [0.2, 0.25) is 5.91 Å². The zero-order valence-corrected chi connectivity index (χ0v) is 13.8. The molecule has 0 bridgehead atoms. The second-order valence-corrected chi connectivity index (χ2v) is 6.17. The Morgan fingerprint density at radius 2 is 2.10 bits per heavy atom. The van der Waals surface area contributed by atoms with E-state index in [-0.39, 0.29) is 23.2 Å². The van der Waals surface area contributed by atoms with Crippen LogP contribution >= 0.6 is 0 Å². The van der Waals surface area contributed by atoms with Gasteiger partial charge in [-0.25, -0.2) is 4.79 Å². The molecule has 0 saturated carbocycles. The zero-order chi connectivity index (χ0) is 15.9. The first-order valence-electron chi connectivity index (χ1n) is 8.10. The zero-order valence-electron chi connectivity index (χ0n) is 13.8. The number of hydrogen-bond donors (Lipinski definition) is 2. The molecule has 3 unspecified atom stereocenters. The fourth-order valence-corrected chi connectivity index (χ4v) is 3.06. The highest BCUT2D eigenvalue weighted by molar-refractivity contribution is 5.88. The van der Waals surface area contributed by atoms with Crippen LogP contribution in [0.4, 0.5) is 0 Å². The van der Waals surface area contributed by atoms with Crippen LogP contribution in [0.15, 0.2) is 0 Å². The van der Waals surface area contributed by atoms with Crippen molar-refractivity contribution >= 4 is 11.9 Å². The van der Waals surface area contributed by atoms with Gasteiger partial charge in [-0.2, -0.15) is 0 Å². The third kappa shape index (κ3) is 4.43. The van der Waals surface area contributed by atoms with Gasteiger partial charge in [0.15, 0.2) is 0 Å². The number of carbonyl (C=O) groups excluding carboxylic acids is 2. The first kappa shape index (κ1) is 18.0. The van der Waals surface area contributed by atoms with Crippen molar-refractivity contribution < 1.29 is 14.3 Å². The van der Waals surface area contributed by atoms with E-state index in [4.69, 9.17) is 4.74 Å². The molecule has 21 heavy (non-hydrogen) atoms. The number of rotatable bonds is 7. The highest BCUT2D eigenvalue weighted by Crippen LogP contribution is 2.32. The van der Waals surface area contributed by atoms with Crippen LogP contribution in [0.1, 0.15) is 52.9 Å². The number of ether oxygens (including phenoxy) is 1. The van der Waals surface area contributed by atoms with Crippen LogP contribution in [-0.4, -0.2) is 38.1 Å². The number of carbonyl (C=O) groups is 2. The van der Waals surface area contributed by atoms with Crippen molar-refractivity contribution in [1.29, 1.82) is 0 Å². The van der Waals surface area contributed by atoms with Gasteiger partial charge in [-0.15, -0.1) is 0 Å². The van der Waals surface area contributed by atoms with E-state index in [0.717, 1.165) is 38.6 Å². The molecule has 3 atom stereocenters. The van der Waals surface area contributed by atoms with Crippen LogP contribution in [0.3, 0.4) is 0 Å². The molecule has 1 amide bonds. The third-order valence-electron chi connectivity index (χ3n) is 4.64. The van der Waals surface area contributed by atoms with Crippen molar-refractivity contribution in [2.75, 3.05) is 20.2 Å². The molecular formula is C16H30N2O3. The van der Waals surface area contributed by atoms with Crippen molar-refractivity contribution in [3.8, 4) is 0 Å². The first-order valence-corrected chi connectivity index (χ1v) is 8.10. The molecule has 5 heteroatoms. The van der Waals surface area contributed by atoms with E-state index in [0.29, 0.717) is 6.54 Å². The normalized spacial score (nSPS) is 25.0. The van der Waals surface area contributed by atoms with Crippen LogP contribution in [0.5, 0.6) is 0 Å². The molecule has 2 N–H and O–H groups in total. The third-order valence-corrected chi connectivity index (χ3v) is 4.64. The van der Waals surface area contributed by atoms with E-state index in [2.05, 4.69) is 17.6 Å². The summed E-state index contributed by atoms with van der Waals surface area (Å²) in [6, 6.07) is -0.553. The minimum Gasteiger partial charge on any atom is -0.467 e. The van der Waals surface area contributed by atoms with E-state index in [9.17, 15) is 9.59 Å². The van der Waals surface area contributed by atoms with Crippen LogP contribution in [0, 0.1) is 11.3 Å². The molecule has 122 valence electrons. The molecule has 1 fully saturated rings. The van der Waals surface area contributed by atoms with Gasteiger partial charge in [-0.3, -0.25) is 4.79 Å². The molecule has 0 spiro atoms. The van der Waals surface area contributed by atoms with E-state index in [1.807, 2.05) is 13.8 Å². The predicted molar refractivity (Wildman–Crippen MR) is 82.8 cm³/mol. The minimum absolute atomic E-state index is 0.00718. The summed E-state index contributed by atoms with van der Waals surface area (Å²) >= 11 is 0. The highest BCUT2D eigenvalue weighted by Gasteiger charge is 2.41. The lowest BCUT2D eigenvalue weighted by molar-refractivity contribution is -0.148. The molecule has 1 rings (SSSR count). The standard InChI is InChI=1S/C16H30N2O3/c1-5-8-16(9-7-10-17-11-16)15(20)18-13(12(3)6-2)14(19)21-4/h12-13,17H,5-11H2,1-4H3,(H,18,20). The van der Waals surface area contributed by atoms with E-state index >= 15 is 0 Å². The lowest BCUT2D eigenvalue weighted by Gasteiger charge is -2.37. The lowest BCUT2D eigenvalue weighted by atomic mass is 9.76. The summed E-state index contributed by atoms with van der Waals surface area (Å²) in [5.74, 6) is -0.294. The predicted octanol–water partition coefficient (Wildman–Crippen LogP) is 1.86. The van der Waals surface area contributed by atoms with Crippen LogP contribution in [0.2, 0.25) is 0 Å². The molecule has 1 saturated heterocycles. The Balaban J connectivity index is 2.84. The second kappa shape index (κ2) is 8.37. The molecule has 0 aromatic rings. The van der Waals surface area contributed by atoms with Crippen molar-refractivity contribution in [2.45, 2.75) is 58.9 Å². The molecule has 1 aliphatic rings. The molecule has 0 aromatic heterocycles. The minimum atomic E-state index is -0.553. The van der Waals surface area contributed by atoms with Gasteiger partial charge in [0, 0.05) is 6.54 Å². The molecular weight excluding hydrogens is 268 g/mol. The highest BCUT2D eigenvalue weighted by atomic mass is 16.5. The summed E-state index contributed by atoms with van der Waals surface area (Å²) in [5, 5.41) is 6.28. The second-order valence-electron chi connectivity index (χ2n) is 6.17. The number of amides is 1. The summed E-state index contributed by atoms with van der Waals surface area (Å²) < 4.78 is 4.85. The first-order chi connectivity index (χ1) is 10.0. The Kier molecular flexibility index (Phi) is 7.15. The Bertz CT molecular complexity index is 346. The molecule has 5 nitrogen and oxygen atoms in total. The summed E-state index contributed by atoms with van der Waals surface area (Å²) in [4.78, 5) is 24.7. The number of piperidine rings is 1. The molecule has 1 aliphatic heterocycles. The maximum absolute atomic E-state index is 12.8. The molecule has 0 aromatic carbocycles. The molecule has 0 aliphatic carbocycles. The maximum Gasteiger partial charge on any atom is 0.328 e. The Morgan fingerprint density at radius 1 is 1.38 bits per heavy atom. The quantitative estimate of drug-likeness (QED) is 0.704. The number of hydrogen-bond acceptors (Lipinski definition) is 4. The Morgan fingerprint density at radius 3 is 2.57 bits per heavy atom. The summed E-state index contributed by atoms with van der Waals surface area (Å²) in [5.41, 5.74) is -0.382. The number of methoxy groups -OCH3 is 1. The summed E-state index contributed by atoms with van der Waals surface area (Å²) in [7, 11) is 1.37. The van der Waals surface area contributed by atoms with Gasteiger partial charge in [-0.1, -0.05) is 33.6 Å². The van der Waals surface area contributed by atoms with Crippen LogP contribution < -0.4 is 10.6 Å². The average Bonchev–Trinajstić information content (AvgIpc) is 2.52. The van der Waals surface area contributed by atoms with Gasteiger partial charge >= 0.3 is 5.97 Å². The van der Waals surface area contributed by atoms with Crippen molar-refractivity contribution in [3.05, 3.63) is 0 Å². The van der Waals surface area contributed by atoms with Gasteiger partial charge in [0.1, 0.15) is 6.04 Å². The average molecular weight is 298 g/mol. The van der Waals surface area contributed by atoms with Crippen LogP contribution in [0.25, 0.3) is 0 Å². The van der Waals surface area contributed by atoms with Crippen molar-refractivity contribution in [2.24, 2.45) is 11.3 Å². The van der Waals surface area contributed by atoms with Crippen molar-refractivity contribution in [1.82, 2.24) is 10.6 Å². The summed E-state index contributed by atoms with van der Waals surface area (Å²) in [6.45, 7) is 7.73. The fraction of sp³-hybridized carbons (Fsp3) is 0.875. The van der Waals surface area contributed by atoms with E-state index < -0.39 is 6.04 Å². The van der Waals surface area contributed by atoms with Crippen LogP contribution in [-0.2, 0) is 14.3 Å². The number of nitrogens with one attached hydrogen (secondary N) is 2. The van der Waals surface area contributed by atoms with E-state index in [1.54, 1.807) is 0 Å². The van der Waals surface area contributed by atoms with Gasteiger partial charge < -0.3 is 15.4 Å². The smallest absolute Gasteiger partial charge is 0.328 e. The lowest BCUT2D eigenvalue weighted by Crippen LogP contribution is -2.55. The fourth-order valence-electron chi connectivity index (χ4n) is 3.06.